The molecule has 4 heteroatoms. The van der Waals surface area contributed by atoms with Gasteiger partial charge in [0.25, 0.3) is 0 Å². The highest BCUT2D eigenvalue weighted by Crippen LogP contribution is 2.38. The predicted molar refractivity (Wildman–Crippen MR) is 217 cm³/mol. The zero-order valence-corrected chi connectivity index (χ0v) is 29.9. The Kier molecular flexibility index (Phi) is 10.6. The molecule has 51 heavy (non-hydrogen) atoms. The number of para-hydroxylation sites is 3. The Labute approximate surface area is 301 Å². The van der Waals surface area contributed by atoms with E-state index in [4.69, 9.17) is 0 Å². The number of allylic oxidation sites excluding steroid dienone is 4. The molecular weight excluding hydrogens is 626 g/mol. The van der Waals surface area contributed by atoms with Crippen molar-refractivity contribution in [1.29, 1.82) is 0 Å². The molecule has 0 N–H and O–H groups in total. The van der Waals surface area contributed by atoms with E-state index in [9.17, 15) is 4.39 Å². The third kappa shape index (κ3) is 6.73. The lowest BCUT2D eigenvalue weighted by Gasteiger charge is -2.27. The van der Waals surface area contributed by atoms with Gasteiger partial charge in [-0.3, -0.25) is 0 Å². The Balaban J connectivity index is 0.00000220. The van der Waals surface area contributed by atoms with Crippen molar-refractivity contribution in [2.24, 2.45) is 0 Å². The summed E-state index contributed by atoms with van der Waals surface area (Å²) in [5.41, 5.74) is 11.6. The quantitative estimate of drug-likeness (QED) is 0.132. The van der Waals surface area contributed by atoms with Gasteiger partial charge in [0.1, 0.15) is 5.82 Å². The number of hydrogen-bond donors (Lipinski definition) is 0. The number of nitrogens with zero attached hydrogens (tertiary/aromatic N) is 3. The lowest BCUT2D eigenvalue weighted by atomic mass is 10.1. The number of halogens is 1. The topological polar surface area (TPSA) is 13.1 Å². The third-order valence-electron chi connectivity index (χ3n) is 9.22. The van der Waals surface area contributed by atoms with Gasteiger partial charge in [0.15, 0.2) is 0 Å². The maximum atomic E-state index is 14.8. The summed E-state index contributed by atoms with van der Waals surface area (Å²) in [5, 5.41) is 2.32. The van der Waals surface area contributed by atoms with Crippen molar-refractivity contribution in [2.75, 3.05) is 4.90 Å². The van der Waals surface area contributed by atoms with Crippen molar-refractivity contribution in [3.63, 3.8) is 0 Å². The Morgan fingerprint density at radius 1 is 0.686 bits per heavy atom. The number of anilines is 2. The van der Waals surface area contributed by atoms with Crippen LogP contribution in [0.15, 0.2) is 171 Å². The monoisotopic (exact) mass is 669 g/mol. The van der Waals surface area contributed by atoms with E-state index >= 15 is 0 Å². The van der Waals surface area contributed by atoms with Gasteiger partial charge in [0, 0.05) is 50.6 Å². The van der Waals surface area contributed by atoms with E-state index < -0.39 is 0 Å². The first kappa shape index (κ1) is 34.7. The van der Waals surface area contributed by atoms with Crippen molar-refractivity contribution in [3.8, 4) is 11.4 Å². The standard InChI is InChI=1S/C45H38FN3.C2H6/c1-5-7-24-43-32(3)42-31-39(27-29-45(42)49(43)37-20-12-9-13-21-37)48(38-22-16-17-34(46)30-38)35(6-2)26-28-40-33(4)47(36-18-10-8-11-19-36)44-25-15-14-23-41(40)44;1-2/h5-27,29-31H,1-2,28H2,3-4H3;1-2H3/b24-7-,35-26+;. The fraction of sp³-hybridized carbons (Fsp3) is 0.106. The predicted octanol–water partition coefficient (Wildman–Crippen LogP) is 13.0. The molecule has 0 aliphatic rings. The van der Waals surface area contributed by atoms with E-state index in [1.54, 1.807) is 18.2 Å². The molecule has 0 spiro atoms. The summed E-state index contributed by atoms with van der Waals surface area (Å²) in [6.07, 6.45) is 10.6. The number of benzene rings is 5. The van der Waals surface area contributed by atoms with Gasteiger partial charge in [-0.1, -0.05) is 106 Å². The molecule has 254 valence electrons. The normalized spacial score (nSPS) is 11.5. The van der Waals surface area contributed by atoms with Crippen molar-refractivity contribution >= 4 is 39.3 Å². The molecule has 0 fully saturated rings. The van der Waals surface area contributed by atoms with Crippen LogP contribution in [0.2, 0.25) is 0 Å². The third-order valence-corrected chi connectivity index (χ3v) is 9.22. The fourth-order valence-electron chi connectivity index (χ4n) is 6.94. The molecule has 0 amide bonds. The SMILES string of the molecule is C=C/C=C\c1c(C)c2cc(N(/C(C=C)=C/Cc3c(C)n(-c4ccccc4)c4ccccc34)c3cccc(F)c3)ccc2n1-c1ccccc1.CC. The van der Waals surface area contributed by atoms with Gasteiger partial charge in [-0.25, -0.2) is 4.39 Å². The Morgan fingerprint density at radius 2 is 1.31 bits per heavy atom. The highest BCUT2D eigenvalue weighted by atomic mass is 19.1. The number of fused-ring (bicyclic) bond motifs is 2. The second-order valence-corrected chi connectivity index (χ2v) is 12.1. The lowest BCUT2D eigenvalue weighted by molar-refractivity contribution is 0.628. The van der Waals surface area contributed by atoms with Gasteiger partial charge in [-0.2, -0.15) is 0 Å². The zero-order chi connectivity index (χ0) is 35.9. The van der Waals surface area contributed by atoms with Gasteiger partial charge in [-0.05, 0) is 110 Å². The molecule has 2 aromatic heterocycles. The average Bonchev–Trinajstić information content (AvgIpc) is 3.62. The molecular formula is C47H44FN3. The second-order valence-electron chi connectivity index (χ2n) is 12.1. The summed E-state index contributed by atoms with van der Waals surface area (Å²) in [5.74, 6) is -0.294. The van der Waals surface area contributed by atoms with E-state index in [2.05, 4.69) is 144 Å². The zero-order valence-electron chi connectivity index (χ0n) is 29.9. The largest absolute Gasteiger partial charge is 0.314 e. The van der Waals surface area contributed by atoms with Crippen LogP contribution in [0.25, 0.3) is 39.3 Å². The number of rotatable bonds is 10. The first-order chi connectivity index (χ1) is 25.0. The molecule has 7 rings (SSSR count). The van der Waals surface area contributed by atoms with E-state index in [-0.39, 0.29) is 5.82 Å². The van der Waals surface area contributed by atoms with Crippen LogP contribution in [0, 0.1) is 19.7 Å². The van der Waals surface area contributed by atoms with Crippen LogP contribution < -0.4 is 4.90 Å². The van der Waals surface area contributed by atoms with E-state index in [1.807, 2.05) is 44.2 Å². The van der Waals surface area contributed by atoms with Crippen LogP contribution in [-0.2, 0) is 6.42 Å². The van der Waals surface area contributed by atoms with Gasteiger partial charge < -0.3 is 14.0 Å². The molecule has 0 atom stereocenters. The molecule has 0 saturated heterocycles. The van der Waals surface area contributed by atoms with Crippen LogP contribution in [-0.4, -0.2) is 9.13 Å². The average molecular weight is 670 g/mol. The van der Waals surface area contributed by atoms with Gasteiger partial charge in [0.2, 0.25) is 0 Å². The minimum atomic E-state index is -0.294. The van der Waals surface area contributed by atoms with Crippen LogP contribution in [0.1, 0.15) is 36.4 Å². The van der Waals surface area contributed by atoms with E-state index in [0.717, 1.165) is 50.6 Å². The summed E-state index contributed by atoms with van der Waals surface area (Å²) < 4.78 is 19.4. The Hall–Kier alpha value is -6.13. The first-order valence-corrected chi connectivity index (χ1v) is 17.5. The maximum Gasteiger partial charge on any atom is 0.125 e. The molecule has 0 aliphatic carbocycles. The highest BCUT2D eigenvalue weighted by Gasteiger charge is 2.20. The number of aromatic nitrogens is 2. The molecule has 7 aromatic rings. The number of aryl methyl sites for hydroxylation is 1. The van der Waals surface area contributed by atoms with Crippen LogP contribution in [0.3, 0.4) is 0 Å². The van der Waals surface area contributed by atoms with Gasteiger partial charge in [-0.15, -0.1) is 0 Å². The van der Waals surface area contributed by atoms with E-state index in [0.29, 0.717) is 6.42 Å². The molecule has 0 bridgehead atoms. The molecule has 0 unspecified atom stereocenters. The van der Waals surface area contributed by atoms with Crippen molar-refractivity contribution in [2.45, 2.75) is 34.1 Å². The second kappa shape index (κ2) is 15.6. The molecule has 0 aliphatic heterocycles. The fourth-order valence-corrected chi connectivity index (χ4v) is 6.94. The van der Waals surface area contributed by atoms with Gasteiger partial charge >= 0.3 is 0 Å². The van der Waals surface area contributed by atoms with Crippen LogP contribution in [0.4, 0.5) is 15.8 Å². The van der Waals surface area contributed by atoms with E-state index in [1.165, 1.54) is 28.2 Å². The summed E-state index contributed by atoms with van der Waals surface area (Å²) in [7, 11) is 0. The van der Waals surface area contributed by atoms with Crippen molar-refractivity contribution in [1.82, 2.24) is 9.13 Å². The summed E-state index contributed by atoms with van der Waals surface area (Å²) in [4.78, 5) is 2.10. The lowest BCUT2D eigenvalue weighted by Crippen LogP contribution is -2.15. The minimum absolute atomic E-state index is 0.294. The molecule has 0 saturated carbocycles. The summed E-state index contributed by atoms with van der Waals surface area (Å²) >= 11 is 0. The molecule has 5 aromatic carbocycles. The maximum absolute atomic E-state index is 14.8. The Morgan fingerprint density at radius 3 is 1.98 bits per heavy atom. The van der Waals surface area contributed by atoms with Crippen LogP contribution in [0.5, 0.6) is 0 Å². The smallest absolute Gasteiger partial charge is 0.125 e. The van der Waals surface area contributed by atoms with Crippen molar-refractivity contribution < 1.29 is 4.39 Å². The highest BCUT2D eigenvalue weighted by molar-refractivity contribution is 5.94. The van der Waals surface area contributed by atoms with Crippen molar-refractivity contribution in [3.05, 3.63) is 199 Å². The molecule has 2 heterocycles. The minimum Gasteiger partial charge on any atom is -0.314 e. The first-order valence-electron chi connectivity index (χ1n) is 17.5. The molecule has 0 radical (unpaired) electrons. The Bertz CT molecular complexity index is 2370. The van der Waals surface area contributed by atoms with Crippen LogP contribution >= 0.6 is 0 Å². The number of hydrogen-bond acceptors (Lipinski definition) is 1. The summed E-state index contributed by atoms with van der Waals surface area (Å²) in [6.45, 7) is 16.5. The molecule has 3 nitrogen and oxygen atoms in total. The summed E-state index contributed by atoms with van der Waals surface area (Å²) in [6, 6.07) is 42.6. The van der Waals surface area contributed by atoms with Gasteiger partial charge in [0.05, 0.1) is 11.0 Å².